The SMILES string of the molecule is C1=CCC(c2nc(-c3cccc4c3oc3ccccc34)nc(C3Cc4c(oc5cccc(-c6ccccc6)c45)-c4ccccc43)n2)C=C1. The number of fused-ring (bicyclic) bond motifs is 8. The van der Waals surface area contributed by atoms with E-state index in [1.54, 1.807) is 0 Å². The van der Waals surface area contributed by atoms with E-state index in [0.717, 1.165) is 73.4 Å². The summed E-state index contributed by atoms with van der Waals surface area (Å²) in [5, 5.41) is 3.29. The van der Waals surface area contributed by atoms with Crippen LogP contribution in [-0.2, 0) is 6.42 Å². The predicted octanol–water partition coefficient (Wildman–Crippen LogP) is 10.8. The molecule has 3 aromatic heterocycles. The number of hydrogen-bond donors (Lipinski definition) is 0. The van der Waals surface area contributed by atoms with Gasteiger partial charge in [-0.15, -0.1) is 0 Å². The highest BCUT2D eigenvalue weighted by atomic mass is 16.3. The molecule has 5 aromatic carbocycles. The van der Waals surface area contributed by atoms with Crippen LogP contribution in [0.25, 0.3) is 66.7 Å². The monoisotopic (exact) mass is 619 g/mol. The first-order valence-electron chi connectivity index (χ1n) is 16.5. The normalized spacial score (nSPS) is 16.8. The van der Waals surface area contributed by atoms with E-state index in [4.69, 9.17) is 23.8 Å². The van der Waals surface area contributed by atoms with E-state index >= 15 is 0 Å². The molecule has 228 valence electrons. The number of allylic oxidation sites excluding steroid dienone is 4. The summed E-state index contributed by atoms with van der Waals surface area (Å²) in [4.78, 5) is 15.7. The van der Waals surface area contributed by atoms with Crippen LogP contribution in [-0.4, -0.2) is 15.0 Å². The molecule has 0 radical (unpaired) electrons. The summed E-state index contributed by atoms with van der Waals surface area (Å²) in [6.45, 7) is 0. The number of benzene rings is 5. The number of rotatable bonds is 4. The smallest absolute Gasteiger partial charge is 0.167 e. The second kappa shape index (κ2) is 10.7. The van der Waals surface area contributed by atoms with Gasteiger partial charge in [0.25, 0.3) is 0 Å². The van der Waals surface area contributed by atoms with Crippen LogP contribution < -0.4 is 0 Å². The average Bonchev–Trinajstić information content (AvgIpc) is 3.74. The third kappa shape index (κ3) is 4.21. The lowest BCUT2D eigenvalue weighted by Crippen LogP contribution is -2.18. The van der Waals surface area contributed by atoms with E-state index in [0.29, 0.717) is 12.2 Å². The summed E-state index contributed by atoms with van der Waals surface area (Å²) >= 11 is 0. The fourth-order valence-corrected chi connectivity index (χ4v) is 7.58. The summed E-state index contributed by atoms with van der Waals surface area (Å²) in [5.74, 6) is 3.05. The predicted molar refractivity (Wildman–Crippen MR) is 191 cm³/mol. The average molecular weight is 620 g/mol. The van der Waals surface area contributed by atoms with Crippen LogP contribution in [0.5, 0.6) is 0 Å². The van der Waals surface area contributed by atoms with Crippen LogP contribution >= 0.6 is 0 Å². The number of para-hydroxylation sites is 2. The fourth-order valence-electron chi connectivity index (χ4n) is 7.58. The molecule has 2 aliphatic rings. The summed E-state index contributed by atoms with van der Waals surface area (Å²) in [7, 11) is 0. The van der Waals surface area contributed by atoms with Crippen molar-refractivity contribution in [3.05, 3.63) is 162 Å². The minimum Gasteiger partial charge on any atom is -0.456 e. The first kappa shape index (κ1) is 27.1. The number of nitrogens with zero attached hydrogens (tertiary/aromatic N) is 3. The second-order valence-corrected chi connectivity index (χ2v) is 12.6. The Kier molecular flexibility index (Phi) is 6.06. The van der Waals surface area contributed by atoms with Gasteiger partial charge in [-0.3, -0.25) is 0 Å². The molecular weight excluding hydrogens is 590 g/mol. The van der Waals surface area contributed by atoms with Crippen LogP contribution in [0, 0.1) is 0 Å². The number of furan rings is 2. The van der Waals surface area contributed by atoms with E-state index < -0.39 is 0 Å². The van der Waals surface area contributed by atoms with Gasteiger partial charge in [-0.05, 0) is 47.7 Å². The maximum Gasteiger partial charge on any atom is 0.167 e. The molecule has 0 amide bonds. The molecule has 5 nitrogen and oxygen atoms in total. The van der Waals surface area contributed by atoms with Crippen LogP contribution in [0.2, 0.25) is 0 Å². The Morgan fingerprint density at radius 2 is 1.33 bits per heavy atom. The van der Waals surface area contributed by atoms with Gasteiger partial charge in [0.05, 0.1) is 5.56 Å². The topological polar surface area (TPSA) is 65.0 Å². The largest absolute Gasteiger partial charge is 0.456 e. The molecule has 0 saturated carbocycles. The minimum absolute atomic E-state index is 0.0548. The molecule has 48 heavy (non-hydrogen) atoms. The first-order valence-corrected chi connectivity index (χ1v) is 16.5. The molecular formula is C43H29N3O2. The third-order valence-corrected chi connectivity index (χ3v) is 9.83. The van der Waals surface area contributed by atoms with Crippen molar-refractivity contribution in [2.75, 3.05) is 0 Å². The van der Waals surface area contributed by atoms with Crippen molar-refractivity contribution in [2.24, 2.45) is 0 Å². The molecule has 2 atom stereocenters. The van der Waals surface area contributed by atoms with Crippen LogP contribution in [0.1, 0.15) is 41.0 Å². The highest BCUT2D eigenvalue weighted by Crippen LogP contribution is 2.48. The summed E-state index contributed by atoms with van der Waals surface area (Å²) in [5.41, 5.74) is 9.18. The lowest BCUT2D eigenvalue weighted by molar-refractivity contribution is 0.608. The molecule has 0 fully saturated rings. The molecule has 0 aliphatic heterocycles. The van der Waals surface area contributed by atoms with Gasteiger partial charge in [-0.25, -0.2) is 15.0 Å². The van der Waals surface area contributed by atoms with Crippen molar-refractivity contribution in [2.45, 2.75) is 24.7 Å². The lowest BCUT2D eigenvalue weighted by Gasteiger charge is -2.25. The Morgan fingerprint density at radius 3 is 2.25 bits per heavy atom. The van der Waals surface area contributed by atoms with Crippen LogP contribution in [0.3, 0.4) is 0 Å². The Labute approximate surface area is 276 Å². The molecule has 3 heterocycles. The molecule has 2 unspecified atom stereocenters. The van der Waals surface area contributed by atoms with Gasteiger partial charge in [-0.2, -0.15) is 0 Å². The minimum atomic E-state index is -0.100. The van der Waals surface area contributed by atoms with Crippen molar-refractivity contribution in [3.8, 4) is 33.8 Å². The fraction of sp³-hybridized carbons (Fsp3) is 0.0930. The highest BCUT2D eigenvalue weighted by Gasteiger charge is 2.34. The molecule has 0 bridgehead atoms. The Balaban J connectivity index is 1.20. The molecule has 0 spiro atoms. The standard InChI is InChI=1S/C43H29N3O2/c1-3-13-26(14-4-1)28-20-12-24-37-38(28)35-25-34(29-17-7-8-19-31(29)40(35)48-37)43-45-41(27-15-5-2-6-16-27)44-42(46-43)33-22-11-21-32-30-18-9-10-23-36(30)47-39(32)33/h1-15,17-24,27,34H,16,25H2. The number of hydrogen-bond acceptors (Lipinski definition) is 5. The zero-order valence-electron chi connectivity index (χ0n) is 26.0. The Morgan fingerprint density at radius 1 is 0.583 bits per heavy atom. The van der Waals surface area contributed by atoms with Crippen molar-refractivity contribution >= 4 is 32.9 Å². The van der Waals surface area contributed by atoms with Crippen molar-refractivity contribution in [1.29, 1.82) is 0 Å². The van der Waals surface area contributed by atoms with Gasteiger partial charge in [0.2, 0.25) is 0 Å². The molecule has 5 heteroatoms. The first-order chi connectivity index (χ1) is 23.8. The number of aromatic nitrogens is 3. The molecule has 10 rings (SSSR count). The zero-order chi connectivity index (χ0) is 31.6. The molecule has 0 saturated heterocycles. The van der Waals surface area contributed by atoms with Gasteiger partial charge in [-0.1, -0.05) is 121 Å². The summed E-state index contributed by atoms with van der Waals surface area (Å²) in [6, 6.07) is 39.9. The van der Waals surface area contributed by atoms with Crippen molar-refractivity contribution in [1.82, 2.24) is 15.0 Å². The summed E-state index contributed by atoms with van der Waals surface area (Å²) in [6.07, 6.45) is 10.1. The second-order valence-electron chi connectivity index (χ2n) is 12.6. The van der Waals surface area contributed by atoms with E-state index in [1.165, 1.54) is 16.7 Å². The molecule has 2 aliphatic carbocycles. The van der Waals surface area contributed by atoms with Crippen LogP contribution in [0.15, 0.2) is 148 Å². The quantitative estimate of drug-likeness (QED) is 0.196. The maximum atomic E-state index is 6.67. The van der Waals surface area contributed by atoms with E-state index in [9.17, 15) is 0 Å². The third-order valence-electron chi connectivity index (χ3n) is 9.83. The van der Waals surface area contributed by atoms with E-state index in [-0.39, 0.29) is 11.8 Å². The summed E-state index contributed by atoms with van der Waals surface area (Å²) < 4.78 is 13.1. The lowest BCUT2D eigenvalue weighted by atomic mass is 9.80. The highest BCUT2D eigenvalue weighted by molar-refractivity contribution is 6.09. The van der Waals surface area contributed by atoms with Crippen molar-refractivity contribution in [3.63, 3.8) is 0 Å². The van der Waals surface area contributed by atoms with Gasteiger partial charge < -0.3 is 8.83 Å². The van der Waals surface area contributed by atoms with E-state index in [2.05, 4.69) is 121 Å². The maximum absolute atomic E-state index is 6.67. The molecule has 8 aromatic rings. The van der Waals surface area contributed by atoms with Gasteiger partial charge in [0, 0.05) is 39.1 Å². The Hall–Kier alpha value is -6.07. The Bertz CT molecular complexity index is 2590. The van der Waals surface area contributed by atoms with Crippen LogP contribution in [0.4, 0.5) is 0 Å². The van der Waals surface area contributed by atoms with Gasteiger partial charge >= 0.3 is 0 Å². The van der Waals surface area contributed by atoms with Crippen molar-refractivity contribution < 1.29 is 8.83 Å². The zero-order valence-corrected chi connectivity index (χ0v) is 26.0. The van der Waals surface area contributed by atoms with Gasteiger partial charge in [0.1, 0.15) is 34.2 Å². The van der Waals surface area contributed by atoms with E-state index in [1.807, 2.05) is 18.2 Å². The molecule has 0 N–H and O–H groups in total. The van der Waals surface area contributed by atoms with Gasteiger partial charge in [0.15, 0.2) is 5.82 Å².